The molecule has 6 N–H and O–H groups in total. The number of carbonyl (C=O) groups is 2. The molecule has 2 unspecified atom stereocenters. The van der Waals surface area contributed by atoms with Crippen LogP contribution in [0.4, 0.5) is 0 Å². The van der Waals surface area contributed by atoms with E-state index in [0.717, 1.165) is 12.7 Å². The summed E-state index contributed by atoms with van der Waals surface area (Å²) in [6, 6.07) is 3.96. The molecule has 8 heteroatoms. The molecule has 8 nitrogen and oxygen atoms in total. The normalized spacial score (nSPS) is 15.5. The van der Waals surface area contributed by atoms with E-state index in [2.05, 4.69) is 12.2 Å². The topological polar surface area (TPSA) is 142 Å². The number of nitrogens with two attached hydrogens (primary N) is 1. The van der Waals surface area contributed by atoms with Crippen molar-refractivity contribution in [2.45, 2.75) is 80.6 Å². The first-order chi connectivity index (χ1) is 17.3. The number of rotatable bonds is 10. The lowest BCUT2D eigenvalue weighted by Gasteiger charge is -2.20. The molecule has 1 heterocycles. The molecule has 1 aromatic carbocycles. The number of aliphatic carboxylic acids is 1. The van der Waals surface area contributed by atoms with Gasteiger partial charge in [0.05, 0.1) is 24.5 Å². The van der Waals surface area contributed by atoms with E-state index in [-0.39, 0.29) is 49.2 Å². The van der Waals surface area contributed by atoms with Gasteiger partial charge >= 0.3 is 5.97 Å². The summed E-state index contributed by atoms with van der Waals surface area (Å²) in [6.07, 6.45) is 2.34. The van der Waals surface area contributed by atoms with Gasteiger partial charge in [-0.15, -0.1) is 0 Å². The summed E-state index contributed by atoms with van der Waals surface area (Å²) in [5.41, 5.74) is 7.36. The van der Waals surface area contributed by atoms with Crippen molar-refractivity contribution in [2.24, 2.45) is 11.7 Å². The minimum atomic E-state index is -1.17. The second-order valence-corrected chi connectivity index (χ2v) is 7.54. The number of phenolic OH excluding ortho intramolecular Hbond substituents is 2. The molecule has 0 amide bonds. The van der Waals surface area contributed by atoms with Gasteiger partial charge in [-0.2, -0.15) is 0 Å². The number of nitrogens with one attached hydrogen (secondary N) is 1. The molecule has 1 aliphatic rings. The molecule has 206 valence electrons. The summed E-state index contributed by atoms with van der Waals surface area (Å²) in [5.74, 6) is -2.03. The Morgan fingerprint density at radius 3 is 2.11 bits per heavy atom. The summed E-state index contributed by atoms with van der Waals surface area (Å²) < 4.78 is 5.52. The lowest BCUT2D eigenvalue weighted by Crippen LogP contribution is -2.25. The van der Waals surface area contributed by atoms with E-state index in [1.54, 1.807) is 0 Å². The van der Waals surface area contributed by atoms with E-state index in [9.17, 15) is 24.9 Å². The van der Waals surface area contributed by atoms with Gasteiger partial charge in [0.15, 0.2) is 0 Å². The van der Waals surface area contributed by atoms with Gasteiger partial charge in [0.2, 0.25) is 0 Å². The largest absolute Gasteiger partial charge is 0.508 e. The van der Waals surface area contributed by atoms with Crippen molar-refractivity contribution in [1.29, 1.82) is 0 Å². The number of aromatic hydroxyl groups is 2. The fraction of sp³-hybridized carbons (Fsp3) is 0.571. The Morgan fingerprint density at radius 2 is 1.67 bits per heavy atom. The number of benzene rings is 1. The monoisotopic (exact) mass is 508 g/mol. The maximum absolute atomic E-state index is 12.3. The zero-order chi connectivity index (χ0) is 28.3. The summed E-state index contributed by atoms with van der Waals surface area (Å²) in [7, 11) is 0. The van der Waals surface area contributed by atoms with Crippen molar-refractivity contribution >= 4 is 12.3 Å². The zero-order valence-corrected chi connectivity index (χ0v) is 23.4. The van der Waals surface area contributed by atoms with Crippen molar-refractivity contribution in [2.75, 3.05) is 19.8 Å². The van der Waals surface area contributed by atoms with Gasteiger partial charge in [-0.05, 0) is 36.5 Å². The molecule has 0 saturated carbocycles. The van der Waals surface area contributed by atoms with Gasteiger partial charge in [0.25, 0.3) is 0 Å². The lowest BCUT2D eigenvalue weighted by molar-refractivity contribution is -0.133. The third kappa shape index (κ3) is 11.3. The second-order valence-electron chi connectivity index (χ2n) is 7.54. The number of hydrogen-bond donors (Lipinski definition) is 5. The SMILES string of the molecule is CC.CC.CC.CCC(C)CC1=C(C=O)CC(c2cc(O)cc(O)c2)C(C(=O)O)=C(COCCN)N1. The number of allylic oxidation sites excluding steroid dienone is 2. The molecule has 0 aromatic heterocycles. The molecular formula is C28H48N2O6. The average Bonchev–Trinajstić information content (AvgIpc) is 3.03. The molecule has 0 spiro atoms. The van der Waals surface area contributed by atoms with Crippen molar-refractivity contribution in [3.05, 3.63) is 46.3 Å². The summed E-state index contributed by atoms with van der Waals surface area (Å²) >= 11 is 0. The number of carboxylic acids is 1. The quantitative estimate of drug-likeness (QED) is 0.207. The van der Waals surface area contributed by atoms with Crippen LogP contribution in [0.1, 0.15) is 86.1 Å². The highest BCUT2D eigenvalue weighted by Crippen LogP contribution is 2.39. The van der Waals surface area contributed by atoms with Crippen LogP contribution in [0.15, 0.2) is 40.7 Å². The Labute approximate surface area is 217 Å². The summed E-state index contributed by atoms with van der Waals surface area (Å²) in [6.45, 7) is 16.6. The molecule has 1 aromatic rings. The Hall–Kier alpha value is -2.84. The molecule has 0 aliphatic carbocycles. The van der Waals surface area contributed by atoms with Crippen LogP contribution in [0.3, 0.4) is 0 Å². The van der Waals surface area contributed by atoms with E-state index < -0.39 is 11.9 Å². The number of aldehydes is 1. The van der Waals surface area contributed by atoms with E-state index >= 15 is 0 Å². The molecule has 0 saturated heterocycles. The third-order valence-corrected chi connectivity index (χ3v) is 5.25. The predicted molar refractivity (Wildman–Crippen MR) is 146 cm³/mol. The maximum atomic E-state index is 12.3. The fourth-order valence-electron chi connectivity index (χ4n) is 3.53. The predicted octanol–water partition coefficient (Wildman–Crippen LogP) is 5.46. The standard InChI is InChI=1S/C22H30N2O6.3C2H6/c1-3-13(2)6-19-15(11-25)9-18(14-7-16(26)10-17(27)8-14)21(22(28)29)20(24-19)12-30-5-4-23;3*1-2/h7-8,10-11,13,18,24,26-27H,3-6,9,12,23H2,1-2H3,(H,28,29);3*1-2H3. The molecular weight excluding hydrogens is 460 g/mol. The molecule has 2 rings (SSSR count). The van der Waals surface area contributed by atoms with Gasteiger partial charge in [0.1, 0.15) is 17.8 Å². The third-order valence-electron chi connectivity index (χ3n) is 5.25. The number of carboxylic acid groups (broad SMARTS) is 1. The van der Waals surface area contributed by atoms with Crippen LogP contribution in [-0.2, 0) is 14.3 Å². The van der Waals surface area contributed by atoms with Crippen molar-refractivity contribution < 1.29 is 29.6 Å². The minimum absolute atomic E-state index is 0.0176. The summed E-state index contributed by atoms with van der Waals surface area (Å²) in [5, 5.41) is 33.0. The molecule has 2 atom stereocenters. The highest BCUT2D eigenvalue weighted by molar-refractivity contribution is 5.90. The molecule has 36 heavy (non-hydrogen) atoms. The Balaban J connectivity index is 0. The fourth-order valence-corrected chi connectivity index (χ4v) is 3.53. The van der Waals surface area contributed by atoms with Crippen LogP contribution < -0.4 is 11.1 Å². The van der Waals surface area contributed by atoms with Crippen molar-refractivity contribution in [1.82, 2.24) is 5.32 Å². The highest BCUT2D eigenvalue weighted by atomic mass is 16.5. The molecule has 0 radical (unpaired) electrons. The van der Waals surface area contributed by atoms with E-state index in [1.165, 1.54) is 18.2 Å². The van der Waals surface area contributed by atoms with Crippen molar-refractivity contribution in [3.8, 4) is 11.5 Å². The van der Waals surface area contributed by atoms with Crippen LogP contribution in [0.2, 0.25) is 0 Å². The zero-order valence-electron chi connectivity index (χ0n) is 23.4. The molecule has 0 bridgehead atoms. The highest BCUT2D eigenvalue weighted by Gasteiger charge is 2.32. The molecule has 1 aliphatic heterocycles. The smallest absolute Gasteiger partial charge is 0.334 e. The van der Waals surface area contributed by atoms with Gasteiger partial charge in [-0.1, -0.05) is 61.8 Å². The van der Waals surface area contributed by atoms with Gasteiger partial charge in [-0.3, -0.25) is 4.79 Å². The number of phenols is 2. The first-order valence-corrected chi connectivity index (χ1v) is 13.0. The first kappa shape index (κ1) is 35.3. The van der Waals surface area contributed by atoms with Crippen LogP contribution in [-0.4, -0.2) is 47.3 Å². The second kappa shape index (κ2) is 20.4. The van der Waals surface area contributed by atoms with Gasteiger partial charge < -0.3 is 31.1 Å². The Bertz CT molecular complexity index is 828. The van der Waals surface area contributed by atoms with Crippen LogP contribution in [0.5, 0.6) is 11.5 Å². The lowest BCUT2D eigenvalue weighted by atomic mass is 9.84. The first-order valence-electron chi connectivity index (χ1n) is 13.0. The van der Waals surface area contributed by atoms with Gasteiger partial charge in [0, 0.05) is 29.8 Å². The van der Waals surface area contributed by atoms with E-state index in [4.69, 9.17) is 10.5 Å². The Kier molecular flexibility index (Phi) is 20.0. The molecule has 0 fully saturated rings. The minimum Gasteiger partial charge on any atom is -0.508 e. The van der Waals surface area contributed by atoms with Crippen LogP contribution in [0.25, 0.3) is 0 Å². The van der Waals surface area contributed by atoms with Gasteiger partial charge in [-0.25, -0.2) is 4.79 Å². The average molecular weight is 509 g/mol. The van der Waals surface area contributed by atoms with E-state index in [1.807, 2.05) is 48.5 Å². The van der Waals surface area contributed by atoms with Crippen LogP contribution >= 0.6 is 0 Å². The number of ether oxygens (including phenoxy) is 1. The number of carbonyl (C=O) groups excluding carboxylic acids is 1. The van der Waals surface area contributed by atoms with Crippen molar-refractivity contribution in [3.63, 3.8) is 0 Å². The summed E-state index contributed by atoms with van der Waals surface area (Å²) in [4.78, 5) is 24.2. The maximum Gasteiger partial charge on any atom is 0.334 e. The number of hydrogen-bond acceptors (Lipinski definition) is 7. The van der Waals surface area contributed by atoms with E-state index in [0.29, 0.717) is 29.0 Å². The Morgan fingerprint density at radius 1 is 1.11 bits per heavy atom. The van der Waals surface area contributed by atoms with Crippen LogP contribution in [0, 0.1) is 5.92 Å².